The highest BCUT2D eigenvalue weighted by Gasteiger charge is 2.36. The van der Waals surface area contributed by atoms with Crippen molar-refractivity contribution in [1.82, 2.24) is 15.5 Å². The van der Waals surface area contributed by atoms with Gasteiger partial charge in [0, 0.05) is 19.0 Å². The summed E-state index contributed by atoms with van der Waals surface area (Å²) in [5.74, 6) is -0.534. The topological polar surface area (TPSA) is 108 Å². The Morgan fingerprint density at radius 1 is 0.878 bits per heavy atom. The molecule has 0 heterocycles. The van der Waals surface area contributed by atoms with Gasteiger partial charge >= 0.3 is 6.09 Å². The molecule has 0 aliphatic heterocycles. The fourth-order valence-electron chi connectivity index (χ4n) is 4.57. The Hall–Kier alpha value is -3.55. The van der Waals surface area contributed by atoms with E-state index in [1.54, 1.807) is 49.9 Å². The van der Waals surface area contributed by atoms with Crippen LogP contribution >= 0.6 is 0 Å². The van der Waals surface area contributed by atoms with E-state index >= 15 is 0 Å². The lowest BCUT2D eigenvalue weighted by molar-refractivity contribution is -0.142. The monoisotopic (exact) mass is 567 g/mol. The number of hydrogen-bond donors (Lipinski definition) is 3. The maximum absolute atomic E-state index is 14.4. The number of rotatable bonds is 14. The number of aryl methyl sites for hydroxylation is 1. The Labute approximate surface area is 245 Å². The molecule has 8 heteroatoms. The maximum Gasteiger partial charge on any atom is 0.408 e. The Kier molecular flexibility index (Phi) is 13.2. The zero-order chi connectivity index (χ0) is 30.6. The van der Waals surface area contributed by atoms with Crippen molar-refractivity contribution in [3.63, 3.8) is 0 Å². The molecule has 2 unspecified atom stereocenters. The van der Waals surface area contributed by atoms with Gasteiger partial charge < -0.3 is 25.4 Å². The van der Waals surface area contributed by atoms with E-state index in [4.69, 9.17) is 4.74 Å². The predicted molar refractivity (Wildman–Crippen MR) is 163 cm³/mol. The highest BCUT2D eigenvalue weighted by molar-refractivity contribution is 5.92. The molecule has 3 N–H and O–H groups in total. The van der Waals surface area contributed by atoms with Crippen molar-refractivity contribution in [3.05, 3.63) is 65.2 Å². The van der Waals surface area contributed by atoms with Crippen molar-refractivity contribution in [2.75, 3.05) is 6.54 Å². The van der Waals surface area contributed by atoms with Gasteiger partial charge in [0.1, 0.15) is 23.4 Å². The number of carbonyl (C=O) groups excluding carboxylic acids is 3. The lowest BCUT2D eigenvalue weighted by Gasteiger charge is -2.35. The van der Waals surface area contributed by atoms with Gasteiger partial charge in [-0.1, -0.05) is 69.5 Å². The molecule has 0 spiro atoms. The second-order valence-electron chi connectivity index (χ2n) is 11.8. The van der Waals surface area contributed by atoms with Crippen LogP contribution in [0.25, 0.3) is 0 Å². The van der Waals surface area contributed by atoms with Crippen LogP contribution in [-0.4, -0.2) is 52.1 Å². The Morgan fingerprint density at radius 2 is 1.49 bits per heavy atom. The van der Waals surface area contributed by atoms with Gasteiger partial charge in [-0.15, -0.1) is 0 Å². The SMILES string of the molecule is CCCCCCN(C(=O)C(Cc1ccc(O)cc1)NC(=O)OC(C)(C)C)C(C(=O)NC(C)C)c1ccc(CC)cc1. The summed E-state index contributed by atoms with van der Waals surface area (Å²) in [6, 6.07) is 12.3. The lowest BCUT2D eigenvalue weighted by Crippen LogP contribution is -2.54. The average molecular weight is 568 g/mol. The number of benzene rings is 2. The number of phenolic OH excluding ortho intramolecular Hbond substituents is 1. The maximum atomic E-state index is 14.4. The Bertz CT molecular complexity index is 1110. The highest BCUT2D eigenvalue weighted by atomic mass is 16.6. The molecule has 2 aromatic rings. The summed E-state index contributed by atoms with van der Waals surface area (Å²) in [5.41, 5.74) is 1.84. The molecule has 2 atom stereocenters. The number of ether oxygens (including phenoxy) is 1. The molecule has 0 saturated heterocycles. The van der Waals surface area contributed by atoms with Crippen LogP contribution in [-0.2, 0) is 27.2 Å². The van der Waals surface area contributed by atoms with Gasteiger partial charge in [-0.25, -0.2) is 4.79 Å². The van der Waals surface area contributed by atoms with E-state index in [9.17, 15) is 19.5 Å². The molecular formula is C33H49N3O5. The highest BCUT2D eigenvalue weighted by Crippen LogP contribution is 2.25. The van der Waals surface area contributed by atoms with Crippen molar-refractivity contribution in [1.29, 1.82) is 0 Å². The van der Waals surface area contributed by atoms with E-state index in [1.165, 1.54) is 0 Å². The van der Waals surface area contributed by atoms with Gasteiger partial charge in [-0.3, -0.25) is 9.59 Å². The molecule has 8 nitrogen and oxygen atoms in total. The third kappa shape index (κ3) is 11.5. The first-order chi connectivity index (χ1) is 19.3. The molecule has 0 radical (unpaired) electrons. The zero-order valence-electron chi connectivity index (χ0n) is 25.8. The number of alkyl carbamates (subject to hydrolysis) is 1. The van der Waals surface area contributed by atoms with Crippen LogP contribution in [0.1, 0.15) is 96.9 Å². The minimum absolute atomic E-state index is 0.107. The van der Waals surface area contributed by atoms with Gasteiger partial charge in [0.2, 0.25) is 11.8 Å². The fourth-order valence-corrected chi connectivity index (χ4v) is 4.57. The van der Waals surface area contributed by atoms with Gasteiger partial charge in [0.25, 0.3) is 0 Å². The van der Waals surface area contributed by atoms with Crippen LogP contribution in [0.3, 0.4) is 0 Å². The number of nitrogens with zero attached hydrogens (tertiary/aromatic N) is 1. The summed E-state index contributed by atoms with van der Waals surface area (Å²) in [5, 5.41) is 15.5. The van der Waals surface area contributed by atoms with Crippen molar-refractivity contribution in [3.8, 4) is 5.75 Å². The van der Waals surface area contributed by atoms with Crippen LogP contribution in [0, 0.1) is 0 Å². The molecule has 3 amide bonds. The average Bonchev–Trinajstić information content (AvgIpc) is 2.89. The van der Waals surface area contributed by atoms with Gasteiger partial charge in [0.05, 0.1) is 0 Å². The number of carbonyl (C=O) groups is 3. The standard InChI is InChI=1S/C33H49N3O5/c1-8-10-11-12-21-36(29(30(38)34-23(3)4)26-17-13-24(9-2)14-18-26)31(39)28(35-32(40)41-33(5,6)7)22-25-15-19-27(37)20-16-25/h13-20,23,28-29,37H,8-12,21-22H2,1-7H3,(H,34,38)(H,35,40). The largest absolute Gasteiger partial charge is 0.508 e. The van der Waals surface area contributed by atoms with Gasteiger partial charge in [-0.2, -0.15) is 0 Å². The summed E-state index contributed by atoms with van der Waals surface area (Å²) in [7, 11) is 0. The number of amides is 3. The molecule has 0 aromatic heterocycles. The van der Waals surface area contributed by atoms with Crippen molar-refractivity contribution < 1.29 is 24.2 Å². The fraction of sp³-hybridized carbons (Fsp3) is 0.545. The molecule has 0 aliphatic rings. The Morgan fingerprint density at radius 3 is 2.02 bits per heavy atom. The minimum atomic E-state index is -0.996. The first kappa shape index (κ1) is 33.7. The smallest absolute Gasteiger partial charge is 0.408 e. The van der Waals surface area contributed by atoms with E-state index in [-0.39, 0.29) is 30.0 Å². The molecule has 41 heavy (non-hydrogen) atoms. The molecule has 2 rings (SSSR count). The lowest BCUT2D eigenvalue weighted by atomic mass is 9.98. The quantitative estimate of drug-likeness (QED) is 0.240. The van der Waals surface area contributed by atoms with E-state index in [0.717, 1.165) is 43.2 Å². The van der Waals surface area contributed by atoms with Crippen LogP contribution in [0.15, 0.2) is 48.5 Å². The summed E-state index contributed by atoms with van der Waals surface area (Å²) in [4.78, 5) is 42.7. The van der Waals surface area contributed by atoms with E-state index in [0.29, 0.717) is 12.1 Å². The molecule has 2 aromatic carbocycles. The third-order valence-corrected chi connectivity index (χ3v) is 6.60. The molecule has 0 bridgehead atoms. The number of nitrogens with one attached hydrogen (secondary N) is 2. The first-order valence-corrected chi connectivity index (χ1v) is 14.8. The van der Waals surface area contributed by atoms with Crippen LogP contribution in [0.2, 0.25) is 0 Å². The predicted octanol–water partition coefficient (Wildman–Crippen LogP) is 6.07. The molecule has 0 aliphatic carbocycles. The molecule has 226 valence electrons. The summed E-state index contributed by atoms with van der Waals surface area (Å²) in [6.45, 7) is 13.6. The summed E-state index contributed by atoms with van der Waals surface area (Å²) >= 11 is 0. The first-order valence-electron chi connectivity index (χ1n) is 14.8. The Balaban J connectivity index is 2.56. The molecule has 0 saturated carbocycles. The number of hydrogen-bond acceptors (Lipinski definition) is 5. The van der Waals surface area contributed by atoms with Crippen LogP contribution in [0.4, 0.5) is 4.79 Å². The van der Waals surface area contributed by atoms with E-state index < -0.39 is 23.8 Å². The summed E-state index contributed by atoms with van der Waals surface area (Å²) < 4.78 is 5.50. The minimum Gasteiger partial charge on any atom is -0.508 e. The van der Waals surface area contributed by atoms with Gasteiger partial charge in [0.15, 0.2) is 0 Å². The molecule has 0 fully saturated rings. The van der Waals surface area contributed by atoms with E-state index in [1.807, 2.05) is 38.1 Å². The number of aromatic hydroxyl groups is 1. The van der Waals surface area contributed by atoms with E-state index in [2.05, 4.69) is 24.5 Å². The van der Waals surface area contributed by atoms with Gasteiger partial charge in [-0.05, 0) is 76.3 Å². The second kappa shape index (κ2) is 16.0. The molecular weight excluding hydrogens is 518 g/mol. The van der Waals surface area contributed by atoms with Crippen LogP contribution < -0.4 is 10.6 Å². The number of unbranched alkanes of at least 4 members (excludes halogenated alkanes) is 3. The number of phenols is 1. The van der Waals surface area contributed by atoms with Crippen molar-refractivity contribution in [2.45, 2.75) is 111 Å². The second-order valence-corrected chi connectivity index (χ2v) is 11.8. The van der Waals surface area contributed by atoms with Crippen molar-refractivity contribution >= 4 is 17.9 Å². The van der Waals surface area contributed by atoms with Crippen LogP contribution in [0.5, 0.6) is 5.75 Å². The normalized spacial score (nSPS) is 12.9. The third-order valence-electron chi connectivity index (χ3n) is 6.60. The van der Waals surface area contributed by atoms with Crippen molar-refractivity contribution in [2.24, 2.45) is 0 Å². The summed E-state index contributed by atoms with van der Waals surface area (Å²) in [6.07, 6.45) is 3.99. The zero-order valence-corrected chi connectivity index (χ0v) is 25.8.